The van der Waals surface area contributed by atoms with Crippen molar-refractivity contribution in [3.8, 4) is 44.8 Å². The van der Waals surface area contributed by atoms with Crippen LogP contribution in [0.2, 0.25) is 0 Å². The summed E-state index contributed by atoms with van der Waals surface area (Å²) in [5.74, 6) is 0. The summed E-state index contributed by atoms with van der Waals surface area (Å²) in [7, 11) is 0. The molecule has 0 saturated carbocycles. The van der Waals surface area contributed by atoms with E-state index >= 15 is 0 Å². The molecule has 0 unspecified atom stereocenters. The molecule has 14 aromatic rings. The van der Waals surface area contributed by atoms with Crippen LogP contribution in [-0.4, -0.2) is 9.13 Å². The molecule has 0 spiro atoms. The molecule has 0 aliphatic carbocycles. The van der Waals surface area contributed by atoms with Gasteiger partial charge < -0.3 is 9.13 Å². The van der Waals surface area contributed by atoms with Gasteiger partial charge in [-0.2, -0.15) is 0 Å². The number of hydrogen-bond donors (Lipinski definition) is 0. The molecule has 0 aliphatic heterocycles. The topological polar surface area (TPSA) is 9.86 Å². The average molecular weight is 837 g/mol. The van der Waals surface area contributed by atoms with Crippen molar-refractivity contribution in [1.82, 2.24) is 9.13 Å². The van der Waals surface area contributed by atoms with Gasteiger partial charge in [-0.05, 0) is 114 Å². The Morgan fingerprint density at radius 1 is 0.212 bits per heavy atom. The first-order chi connectivity index (χ1) is 32.8. The Labute approximate surface area is 381 Å². The molecule has 2 aromatic heterocycles. The third-order valence-electron chi connectivity index (χ3n) is 14.1. The highest BCUT2D eigenvalue weighted by Gasteiger charge is 2.23. The summed E-state index contributed by atoms with van der Waals surface area (Å²) in [6.45, 7) is 0. The quantitative estimate of drug-likeness (QED) is 0.121. The van der Waals surface area contributed by atoms with Crippen LogP contribution in [0, 0.1) is 0 Å². The molecule has 306 valence electrons. The first kappa shape index (κ1) is 36.7. The number of para-hydroxylation sites is 6. The monoisotopic (exact) mass is 836 g/mol. The summed E-state index contributed by atoms with van der Waals surface area (Å²) in [5, 5.41) is 14.9. The van der Waals surface area contributed by atoms with Crippen molar-refractivity contribution in [2.45, 2.75) is 0 Å². The Hall–Kier alpha value is -8.72. The summed E-state index contributed by atoms with van der Waals surface area (Å²) in [4.78, 5) is 0. The molecule has 0 aliphatic rings. The van der Waals surface area contributed by atoms with Crippen molar-refractivity contribution in [3.05, 3.63) is 243 Å². The van der Waals surface area contributed by atoms with Gasteiger partial charge in [-0.3, -0.25) is 0 Å². The van der Waals surface area contributed by atoms with Crippen LogP contribution in [0.5, 0.6) is 0 Å². The van der Waals surface area contributed by atoms with E-state index in [1.807, 2.05) is 0 Å². The predicted molar refractivity (Wildman–Crippen MR) is 281 cm³/mol. The number of aromatic nitrogens is 2. The van der Waals surface area contributed by atoms with Crippen molar-refractivity contribution in [2.75, 3.05) is 0 Å². The van der Waals surface area contributed by atoms with Crippen LogP contribution in [0.1, 0.15) is 0 Å². The molecule has 2 heterocycles. The minimum absolute atomic E-state index is 1.15. The second-order valence-corrected chi connectivity index (χ2v) is 17.5. The molecular formula is C64H40N2. The fourth-order valence-corrected chi connectivity index (χ4v) is 11.4. The van der Waals surface area contributed by atoms with Crippen LogP contribution in [0.15, 0.2) is 243 Å². The van der Waals surface area contributed by atoms with Crippen molar-refractivity contribution in [2.24, 2.45) is 0 Å². The Balaban J connectivity index is 1.16. The summed E-state index contributed by atoms with van der Waals surface area (Å²) in [5.41, 5.74) is 14.4. The number of hydrogen-bond acceptors (Lipinski definition) is 0. The fourth-order valence-electron chi connectivity index (χ4n) is 11.4. The van der Waals surface area contributed by atoms with Crippen molar-refractivity contribution < 1.29 is 0 Å². The van der Waals surface area contributed by atoms with E-state index < -0.39 is 0 Å². The van der Waals surface area contributed by atoms with E-state index in [0.717, 1.165) is 11.4 Å². The molecule has 14 rings (SSSR count). The third-order valence-corrected chi connectivity index (χ3v) is 14.1. The van der Waals surface area contributed by atoms with Crippen LogP contribution in [-0.2, 0) is 0 Å². The van der Waals surface area contributed by atoms with Crippen molar-refractivity contribution in [1.29, 1.82) is 0 Å². The summed E-state index contributed by atoms with van der Waals surface area (Å²) in [6.07, 6.45) is 0. The van der Waals surface area contributed by atoms with Gasteiger partial charge in [0.1, 0.15) is 0 Å². The van der Waals surface area contributed by atoms with Gasteiger partial charge in [0.05, 0.1) is 22.1 Å². The van der Waals surface area contributed by atoms with Gasteiger partial charge in [-0.15, -0.1) is 0 Å². The lowest BCUT2D eigenvalue weighted by Gasteiger charge is -2.20. The van der Waals surface area contributed by atoms with Crippen LogP contribution < -0.4 is 0 Å². The molecule has 0 fully saturated rings. The fraction of sp³-hybridized carbons (Fsp3) is 0. The number of rotatable bonds is 5. The minimum atomic E-state index is 1.15. The highest BCUT2D eigenvalue weighted by molar-refractivity contribution is 6.26. The molecular weight excluding hydrogens is 797 g/mol. The van der Waals surface area contributed by atoms with E-state index in [0.29, 0.717) is 0 Å². The van der Waals surface area contributed by atoms with Crippen molar-refractivity contribution >= 4 is 86.7 Å². The summed E-state index contributed by atoms with van der Waals surface area (Å²) < 4.78 is 4.93. The highest BCUT2D eigenvalue weighted by atomic mass is 15.0. The minimum Gasteiger partial charge on any atom is -0.309 e. The maximum atomic E-state index is 2.50. The second-order valence-electron chi connectivity index (χ2n) is 17.5. The molecule has 0 bridgehead atoms. The zero-order valence-electron chi connectivity index (χ0n) is 36.0. The number of nitrogens with zero attached hydrogens (tertiary/aromatic N) is 2. The molecule has 66 heavy (non-hydrogen) atoms. The largest absolute Gasteiger partial charge is 0.309 e. The van der Waals surface area contributed by atoms with E-state index in [1.54, 1.807) is 0 Å². The Morgan fingerprint density at radius 3 is 1.14 bits per heavy atom. The first-order valence-corrected chi connectivity index (χ1v) is 22.9. The lowest BCUT2D eigenvalue weighted by atomic mass is 9.84. The lowest BCUT2D eigenvalue weighted by Crippen LogP contribution is -1.97. The van der Waals surface area contributed by atoms with E-state index in [4.69, 9.17) is 0 Å². The van der Waals surface area contributed by atoms with Gasteiger partial charge in [-0.25, -0.2) is 0 Å². The van der Waals surface area contributed by atoms with E-state index in [2.05, 4.69) is 252 Å². The standard InChI is InChI=1S/C64H40N2/c1-3-20-42(21-4-1)65-60-37-13-11-27-49(60)55-35-17-33-53(63(55)65)47-29-15-31-51-57(47)40-58-48(54-34-18-36-56-50-28-12-14-38-61(50)66(64(54)56)43-22-5-2-6-23-43)30-16-32-52(58)62(51)59-39-41-19-7-8-24-44(41)45-25-9-10-26-46(45)59/h1-40H. The lowest BCUT2D eigenvalue weighted by molar-refractivity contribution is 1.18. The highest BCUT2D eigenvalue weighted by Crippen LogP contribution is 2.49. The van der Waals surface area contributed by atoms with Gasteiger partial charge in [0, 0.05) is 44.0 Å². The smallest absolute Gasteiger partial charge is 0.0619 e. The number of benzene rings is 12. The predicted octanol–water partition coefficient (Wildman–Crippen LogP) is 17.5. The molecule has 12 aromatic carbocycles. The first-order valence-electron chi connectivity index (χ1n) is 22.9. The van der Waals surface area contributed by atoms with Gasteiger partial charge in [0.25, 0.3) is 0 Å². The van der Waals surface area contributed by atoms with Gasteiger partial charge in [0.15, 0.2) is 0 Å². The van der Waals surface area contributed by atoms with Crippen molar-refractivity contribution in [3.63, 3.8) is 0 Å². The molecule has 0 atom stereocenters. The second kappa shape index (κ2) is 14.4. The Bertz CT molecular complexity index is 4050. The molecule has 0 radical (unpaired) electrons. The summed E-state index contributed by atoms with van der Waals surface area (Å²) in [6, 6.07) is 89.8. The molecule has 0 saturated heterocycles. The van der Waals surface area contributed by atoms with E-state index in [1.165, 1.54) is 120 Å². The maximum Gasteiger partial charge on any atom is 0.0619 e. The maximum absolute atomic E-state index is 2.50. The van der Waals surface area contributed by atoms with Crippen LogP contribution in [0.4, 0.5) is 0 Å². The zero-order valence-corrected chi connectivity index (χ0v) is 36.0. The normalized spacial score (nSPS) is 11.9. The third kappa shape index (κ3) is 5.30. The molecule has 2 nitrogen and oxygen atoms in total. The molecule has 0 amide bonds. The Kier molecular flexibility index (Phi) is 8.02. The van der Waals surface area contributed by atoms with Crippen LogP contribution in [0.3, 0.4) is 0 Å². The SMILES string of the molecule is c1ccc(-n2c3ccccc3c3cccc(-c4cccc5c(-c6cc7ccccc7c7ccccc67)c6cccc(-c7cccc8c9ccccc9n(-c9ccccc9)c78)c6cc45)c32)cc1. The van der Waals surface area contributed by atoms with Gasteiger partial charge >= 0.3 is 0 Å². The van der Waals surface area contributed by atoms with Crippen LogP contribution >= 0.6 is 0 Å². The number of fused-ring (bicyclic) bond motifs is 11. The van der Waals surface area contributed by atoms with E-state index in [-0.39, 0.29) is 0 Å². The Morgan fingerprint density at radius 2 is 0.606 bits per heavy atom. The van der Waals surface area contributed by atoms with Gasteiger partial charge in [-0.1, -0.05) is 194 Å². The molecule has 2 heteroatoms. The average Bonchev–Trinajstić information content (AvgIpc) is 3.91. The summed E-state index contributed by atoms with van der Waals surface area (Å²) >= 11 is 0. The van der Waals surface area contributed by atoms with Crippen LogP contribution in [0.25, 0.3) is 131 Å². The van der Waals surface area contributed by atoms with E-state index in [9.17, 15) is 0 Å². The molecule has 0 N–H and O–H groups in total. The zero-order chi connectivity index (χ0) is 43.3. The van der Waals surface area contributed by atoms with Gasteiger partial charge in [0.2, 0.25) is 0 Å².